The van der Waals surface area contributed by atoms with Crippen LogP contribution in [0.5, 0.6) is 0 Å². The van der Waals surface area contributed by atoms with Crippen molar-refractivity contribution in [1.29, 1.82) is 0 Å². The van der Waals surface area contributed by atoms with Crippen LogP contribution in [0.2, 0.25) is 0 Å². The van der Waals surface area contributed by atoms with Crippen molar-refractivity contribution in [2.24, 2.45) is 0 Å². The topological polar surface area (TPSA) is 40.5 Å². The molecule has 23 heavy (non-hydrogen) atoms. The molecule has 1 N–H and O–H groups in total. The zero-order valence-corrected chi connectivity index (χ0v) is 14.2. The van der Waals surface area contributed by atoms with E-state index in [9.17, 15) is 9.90 Å². The molecule has 4 heteroatoms. The molecule has 0 aliphatic rings. The SMILES string of the molecule is CSCCC(C(=O)O)N(Cc1ccccc1)Cc1ccccc1. The van der Waals surface area contributed by atoms with Crippen molar-refractivity contribution < 1.29 is 9.90 Å². The van der Waals surface area contributed by atoms with Gasteiger partial charge in [0.05, 0.1) is 0 Å². The molecule has 0 aromatic heterocycles. The summed E-state index contributed by atoms with van der Waals surface area (Å²) in [5.41, 5.74) is 2.28. The van der Waals surface area contributed by atoms with E-state index in [1.807, 2.05) is 66.9 Å². The normalized spacial score (nSPS) is 12.3. The van der Waals surface area contributed by atoms with Gasteiger partial charge in [0.1, 0.15) is 6.04 Å². The Balaban J connectivity index is 2.19. The largest absolute Gasteiger partial charge is 0.480 e. The minimum absolute atomic E-state index is 0.470. The molecule has 2 aromatic rings. The predicted molar refractivity (Wildman–Crippen MR) is 96.6 cm³/mol. The summed E-state index contributed by atoms with van der Waals surface area (Å²) < 4.78 is 0. The Kier molecular flexibility index (Phi) is 7.17. The predicted octanol–water partition coefficient (Wildman–Crippen LogP) is 3.90. The molecule has 1 unspecified atom stereocenters. The highest BCUT2D eigenvalue weighted by molar-refractivity contribution is 7.98. The Morgan fingerprint density at radius 1 is 1.00 bits per heavy atom. The fourth-order valence-corrected chi connectivity index (χ4v) is 3.06. The number of hydrogen-bond acceptors (Lipinski definition) is 3. The Labute approximate surface area is 142 Å². The van der Waals surface area contributed by atoms with Gasteiger partial charge in [0, 0.05) is 13.1 Å². The number of rotatable bonds is 9. The molecule has 0 fully saturated rings. The lowest BCUT2D eigenvalue weighted by molar-refractivity contribution is -0.143. The molecule has 0 heterocycles. The van der Waals surface area contributed by atoms with Gasteiger partial charge in [0.15, 0.2) is 0 Å². The fraction of sp³-hybridized carbons (Fsp3) is 0.316. The number of benzene rings is 2. The molecule has 0 bridgehead atoms. The maximum atomic E-state index is 11.8. The summed E-state index contributed by atoms with van der Waals surface area (Å²) in [6, 6.07) is 19.7. The summed E-state index contributed by atoms with van der Waals surface area (Å²) in [7, 11) is 0. The zero-order valence-electron chi connectivity index (χ0n) is 13.4. The first-order valence-electron chi connectivity index (χ1n) is 7.74. The van der Waals surface area contributed by atoms with Crippen molar-refractivity contribution in [3.05, 3.63) is 71.8 Å². The lowest BCUT2D eigenvalue weighted by atomic mass is 10.1. The molecule has 0 amide bonds. The van der Waals surface area contributed by atoms with Gasteiger partial charge in [-0.1, -0.05) is 60.7 Å². The molecular weight excluding hydrogens is 306 g/mol. The summed E-state index contributed by atoms with van der Waals surface area (Å²) in [4.78, 5) is 13.8. The molecule has 1 atom stereocenters. The Morgan fingerprint density at radius 3 is 1.87 bits per heavy atom. The van der Waals surface area contributed by atoms with Gasteiger partial charge in [-0.2, -0.15) is 11.8 Å². The second kappa shape index (κ2) is 9.38. The number of thioether (sulfide) groups is 1. The molecule has 0 radical (unpaired) electrons. The van der Waals surface area contributed by atoms with Crippen LogP contribution in [0.4, 0.5) is 0 Å². The van der Waals surface area contributed by atoms with Gasteiger partial charge in [0.2, 0.25) is 0 Å². The van der Waals surface area contributed by atoms with Gasteiger partial charge >= 0.3 is 5.97 Å². The molecule has 0 saturated heterocycles. The molecule has 2 aromatic carbocycles. The summed E-state index contributed by atoms with van der Waals surface area (Å²) in [5.74, 6) is 0.0998. The van der Waals surface area contributed by atoms with Crippen molar-refractivity contribution in [3.8, 4) is 0 Å². The van der Waals surface area contributed by atoms with Gasteiger partial charge < -0.3 is 5.11 Å². The van der Waals surface area contributed by atoms with E-state index < -0.39 is 12.0 Å². The van der Waals surface area contributed by atoms with E-state index in [-0.39, 0.29) is 0 Å². The van der Waals surface area contributed by atoms with Gasteiger partial charge in [0.25, 0.3) is 0 Å². The van der Waals surface area contributed by atoms with Crippen LogP contribution in [-0.4, -0.2) is 34.0 Å². The van der Waals surface area contributed by atoms with Crippen molar-refractivity contribution in [1.82, 2.24) is 4.90 Å². The van der Waals surface area contributed by atoms with E-state index in [1.165, 1.54) is 0 Å². The quantitative estimate of drug-likeness (QED) is 0.757. The van der Waals surface area contributed by atoms with Gasteiger partial charge in [-0.15, -0.1) is 0 Å². The molecule has 2 rings (SSSR count). The lowest BCUT2D eigenvalue weighted by Crippen LogP contribution is -2.40. The van der Waals surface area contributed by atoms with Crippen LogP contribution in [0.25, 0.3) is 0 Å². The highest BCUT2D eigenvalue weighted by atomic mass is 32.2. The highest BCUT2D eigenvalue weighted by Crippen LogP contribution is 2.17. The van der Waals surface area contributed by atoms with Gasteiger partial charge in [-0.3, -0.25) is 9.69 Å². The van der Waals surface area contributed by atoms with Crippen LogP contribution in [0.3, 0.4) is 0 Å². The number of hydrogen-bond donors (Lipinski definition) is 1. The molecule has 0 saturated carbocycles. The van der Waals surface area contributed by atoms with E-state index in [1.54, 1.807) is 11.8 Å². The summed E-state index contributed by atoms with van der Waals surface area (Å²) in [5, 5.41) is 9.68. The first-order valence-corrected chi connectivity index (χ1v) is 9.13. The number of nitrogens with zero attached hydrogens (tertiary/aromatic N) is 1. The van der Waals surface area contributed by atoms with Crippen LogP contribution in [0, 0.1) is 0 Å². The minimum Gasteiger partial charge on any atom is -0.480 e. The fourth-order valence-electron chi connectivity index (χ4n) is 2.60. The highest BCUT2D eigenvalue weighted by Gasteiger charge is 2.25. The van der Waals surface area contributed by atoms with E-state index >= 15 is 0 Å². The molecule has 0 aliphatic carbocycles. The van der Waals surface area contributed by atoms with Crippen molar-refractivity contribution in [2.45, 2.75) is 25.6 Å². The van der Waals surface area contributed by atoms with E-state index in [4.69, 9.17) is 0 Å². The number of carbonyl (C=O) groups is 1. The smallest absolute Gasteiger partial charge is 0.320 e. The van der Waals surface area contributed by atoms with Crippen molar-refractivity contribution in [2.75, 3.05) is 12.0 Å². The zero-order chi connectivity index (χ0) is 16.5. The average Bonchev–Trinajstić information content (AvgIpc) is 2.56. The van der Waals surface area contributed by atoms with Crippen molar-refractivity contribution >= 4 is 17.7 Å². The molecule has 122 valence electrons. The van der Waals surface area contributed by atoms with E-state index in [2.05, 4.69) is 4.90 Å². The Hall–Kier alpha value is -1.78. The van der Waals surface area contributed by atoms with Crippen LogP contribution < -0.4 is 0 Å². The Morgan fingerprint density at radius 2 is 1.48 bits per heavy atom. The number of carboxylic acid groups (broad SMARTS) is 1. The third-order valence-electron chi connectivity index (χ3n) is 3.78. The van der Waals surface area contributed by atoms with Gasteiger partial charge in [-0.05, 0) is 29.6 Å². The molecule has 3 nitrogen and oxygen atoms in total. The van der Waals surface area contributed by atoms with Gasteiger partial charge in [-0.25, -0.2) is 0 Å². The molecule has 0 aliphatic heterocycles. The maximum absolute atomic E-state index is 11.8. The van der Waals surface area contributed by atoms with Crippen LogP contribution in [0.1, 0.15) is 17.5 Å². The standard InChI is InChI=1S/C19H23NO2S/c1-23-13-12-18(19(21)22)20(14-16-8-4-2-5-9-16)15-17-10-6-3-7-11-17/h2-11,18H,12-15H2,1H3,(H,21,22). The second-order valence-electron chi connectivity index (χ2n) is 5.51. The Bertz CT molecular complexity index is 547. The molecule has 0 spiro atoms. The van der Waals surface area contributed by atoms with E-state index in [0.29, 0.717) is 19.5 Å². The minimum atomic E-state index is -0.745. The van der Waals surface area contributed by atoms with E-state index in [0.717, 1.165) is 16.9 Å². The molecular formula is C19H23NO2S. The number of aliphatic carboxylic acids is 1. The second-order valence-corrected chi connectivity index (χ2v) is 6.50. The van der Waals surface area contributed by atoms with Crippen molar-refractivity contribution in [3.63, 3.8) is 0 Å². The maximum Gasteiger partial charge on any atom is 0.320 e. The average molecular weight is 329 g/mol. The number of carboxylic acids is 1. The first kappa shape index (κ1) is 17.6. The first-order chi connectivity index (χ1) is 11.2. The lowest BCUT2D eigenvalue weighted by Gasteiger charge is -2.29. The third-order valence-corrected chi connectivity index (χ3v) is 4.42. The van der Waals surface area contributed by atoms with Crippen LogP contribution in [0.15, 0.2) is 60.7 Å². The van der Waals surface area contributed by atoms with Crippen LogP contribution >= 0.6 is 11.8 Å². The third kappa shape index (κ3) is 5.73. The monoisotopic (exact) mass is 329 g/mol. The summed E-state index contributed by atoms with van der Waals surface area (Å²) in [6.45, 7) is 1.28. The summed E-state index contributed by atoms with van der Waals surface area (Å²) in [6.07, 6.45) is 2.66. The van der Waals surface area contributed by atoms with Crippen LogP contribution in [-0.2, 0) is 17.9 Å². The summed E-state index contributed by atoms with van der Waals surface area (Å²) >= 11 is 1.69.